The van der Waals surface area contributed by atoms with Gasteiger partial charge in [-0.25, -0.2) is 14.4 Å². The number of amides is 1. The van der Waals surface area contributed by atoms with Gasteiger partial charge >= 0.3 is 6.18 Å². The van der Waals surface area contributed by atoms with Crippen molar-refractivity contribution in [1.29, 1.82) is 0 Å². The molecule has 2 aliphatic heterocycles. The number of pyridine rings is 1. The number of hydrogen-bond acceptors (Lipinski definition) is 8. The molecule has 3 aromatic rings. The topological polar surface area (TPSA) is 107 Å². The van der Waals surface area contributed by atoms with Crippen molar-refractivity contribution in [1.82, 2.24) is 19.9 Å². The lowest BCUT2D eigenvalue weighted by atomic mass is 10.0. The van der Waals surface area contributed by atoms with Crippen LogP contribution >= 0.6 is 0 Å². The van der Waals surface area contributed by atoms with Crippen molar-refractivity contribution in [2.45, 2.75) is 19.1 Å². The van der Waals surface area contributed by atoms with Crippen LogP contribution in [-0.4, -0.2) is 84.8 Å². The number of aromatic nitrogens is 3. The van der Waals surface area contributed by atoms with Gasteiger partial charge < -0.3 is 29.7 Å². The highest BCUT2D eigenvalue weighted by atomic mass is 19.4. The maximum atomic E-state index is 15.6. The molecule has 1 amide bonds. The van der Waals surface area contributed by atoms with Crippen LogP contribution in [-0.2, 0) is 10.9 Å². The molecule has 4 heterocycles. The summed E-state index contributed by atoms with van der Waals surface area (Å²) in [5, 5.41) is 2.54. The average molecular weight is 576 g/mol. The number of carbonyl (C=O) groups excluding carboxylic acids is 1. The first-order valence-electron chi connectivity index (χ1n) is 13.1. The zero-order chi connectivity index (χ0) is 29.3. The Morgan fingerprint density at radius 1 is 1.07 bits per heavy atom. The zero-order valence-corrected chi connectivity index (χ0v) is 22.5. The van der Waals surface area contributed by atoms with Crippen LogP contribution in [0.5, 0.6) is 0 Å². The highest BCUT2D eigenvalue weighted by Gasteiger charge is 2.36. The molecule has 14 heteroatoms. The molecule has 0 spiro atoms. The van der Waals surface area contributed by atoms with Gasteiger partial charge in [-0.15, -0.1) is 0 Å². The van der Waals surface area contributed by atoms with Crippen molar-refractivity contribution in [2.75, 3.05) is 68.1 Å². The van der Waals surface area contributed by atoms with E-state index in [4.69, 9.17) is 4.74 Å². The number of nitrogens with zero attached hydrogens (tertiary/aromatic N) is 5. The Labute approximate surface area is 233 Å². The Morgan fingerprint density at radius 3 is 2.44 bits per heavy atom. The summed E-state index contributed by atoms with van der Waals surface area (Å²) in [5.74, 6) is -1.24. The quantitative estimate of drug-likeness (QED) is 0.447. The lowest BCUT2D eigenvalue weighted by Crippen LogP contribution is -2.50. The predicted molar refractivity (Wildman–Crippen MR) is 145 cm³/mol. The molecule has 2 aromatic heterocycles. The third kappa shape index (κ3) is 6.17. The number of nitrogens with one attached hydrogen (secondary N) is 2. The normalized spacial score (nSPS) is 18.4. The van der Waals surface area contributed by atoms with Gasteiger partial charge in [0.05, 0.1) is 35.7 Å². The van der Waals surface area contributed by atoms with Crippen molar-refractivity contribution in [3.8, 4) is 11.1 Å². The molecule has 0 saturated carbocycles. The van der Waals surface area contributed by atoms with Crippen LogP contribution in [0, 0.1) is 5.82 Å². The second kappa shape index (κ2) is 11.4. The molecule has 2 saturated heterocycles. The first-order chi connectivity index (χ1) is 19.5. The highest BCUT2D eigenvalue weighted by Crippen LogP contribution is 2.36. The van der Waals surface area contributed by atoms with E-state index in [1.807, 2.05) is 23.8 Å². The Morgan fingerprint density at radius 2 is 1.78 bits per heavy atom. The maximum absolute atomic E-state index is 15.6. The number of ether oxygens (including phenoxy) is 1. The Hall–Kier alpha value is -4.04. The molecule has 1 aromatic carbocycles. The summed E-state index contributed by atoms with van der Waals surface area (Å²) in [6, 6.07) is 3.07. The third-order valence-corrected chi connectivity index (χ3v) is 7.35. The van der Waals surface area contributed by atoms with Gasteiger partial charge in [0.2, 0.25) is 11.5 Å². The number of anilines is 3. The Balaban J connectivity index is 1.53. The van der Waals surface area contributed by atoms with E-state index in [-0.39, 0.29) is 17.3 Å². The van der Waals surface area contributed by atoms with Crippen molar-refractivity contribution >= 4 is 23.2 Å². The number of likely N-dealkylation sites (N-methyl/N-ethyl adjacent to an activating group) is 1. The van der Waals surface area contributed by atoms with Crippen molar-refractivity contribution in [2.24, 2.45) is 0 Å². The number of carbonyl (C=O) groups is 1. The van der Waals surface area contributed by atoms with Gasteiger partial charge in [-0.1, -0.05) is 0 Å². The fraction of sp³-hybridized carbons (Fsp3) is 0.407. The molecule has 5 rings (SSSR count). The van der Waals surface area contributed by atoms with E-state index < -0.39 is 34.6 Å². The summed E-state index contributed by atoms with van der Waals surface area (Å²) in [4.78, 5) is 41.6. The Bertz CT molecular complexity index is 1470. The van der Waals surface area contributed by atoms with E-state index in [1.54, 1.807) is 0 Å². The van der Waals surface area contributed by atoms with Crippen LogP contribution in [0.25, 0.3) is 11.1 Å². The number of halogens is 4. The van der Waals surface area contributed by atoms with Crippen LogP contribution in [0.1, 0.15) is 22.8 Å². The van der Waals surface area contributed by atoms with Crippen molar-refractivity contribution in [3.63, 3.8) is 0 Å². The van der Waals surface area contributed by atoms with Gasteiger partial charge in [-0.05, 0) is 26.1 Å². The minimum Gasteiger partial charge on any atom is -0.378 e. The monoisotopic (exact) mass is 575 g/mol. The number of H-pyrrole nitrogens is 1. The first kappa shape index (κ1) is 28.5. The largest absolute Gasteiger partial charge is 0.417 e. The number of morpholine rings is 1. The number of aromatic amines is 1. The number of piperazine rings is 1. The van der Waals surface area contributed by atoms with E-state index in [0.29, 0.717) is 69.2 Å². The van der Waals surface area contributed by atoms with Gasteiger partial charge in [0.25, 0.3) is 5.91 Å². The molecule has 0 bridgehead atoms. The van der Waals surface area contributed by atoms with Gasteiger partial charge in [0.15, 0.2) is 0 Å². The van der Waals surface area contributed by atoms with Gasteiger partial charge in [0.1, 0.15) is 5.82 Å². The van der Waals surface area contributed by atoms with Crippen LogP contribution in [0.4, 0.5) is 34.9 Å². The highest BCUT2D eigenvalue weighted by molar-refractivity contribution is 6.07. The second-order valence-corrected chi connectivity index (χ2v) is 10.1. The van der Waals surface area contributed by atoms with Crippen LogP contribution in [0.2, 0.25) is 0 Å². The summed E-state index contributed by atoms with van der Waals surface area (Å²) in [7, 11) is 1.96. The zero-order valence-electron chi connectivity index (χ0n) is 22.5. The van der Waals surface area contributed by atoms with Gasteiger partial charge in [-0.2, -0.15) is 13.2 Å². The van der Waals surface area contributed by atoms with Crippen LogP contribution < -0.4 is 20.7 Å². The molecule has 10 nitrogen and oxygen atoms in total. The molecule has 0 unspecified atom stereocenters. The van der Waals surface area contributed by atoms with Crippen LogP contribution in [0.3, 0.4) is 0 Å². The molecule has 2 fully saturated rings. The van der Waals surface area contributed by atoms with E-state index in [9.17, 15) is 22.8 Å². The van der Waals surface area contributed by atoms with E-state index >= 15 is 4.39 Å². The lowest BCUT2D eigenvalue weighted by molar-refractivity contribution is -0.138. The predicted octanol–water partition coefficient (Wildman–Crippen LogP) is 3.22. The van der Waals surface area contributed by atoms with Gasteiger partial charge in [0, 0.05) is 74.5 Å². The van der Waals surface area contributed by atoms with Crippen molar-refractivity contribution in [3.05, 3.63) is 64.1 Å². The minimum absolute atomic E-state index is 0.0669. The molecule has 2 N–H and O–H groups in total. The fourth-order valence-electron chi connectivity index (χ4n) is 4.88. The summed E-state index contributed by atoms with van der Waals surface area (Å²) in [6.07, 6.45) is -1.29. The van der Waals surface area contributed by atoms with E-state index in [0.717, 1.165) is 6.20 Å². The third-order valence-electron chi connectivity index (χ3n) is 7.35. The molecule has 1 atom stereocenters. The smallest absolute Gasteiger partial charge is 0.378 e. The molecular formula is C27H29F4N7O3. The second-order valence-electron chi connectivity index (χ2n) is 10.1. The fourth-order valence-corrected chi connectivity index (χ4v) is 4.88. The van der Waals surface area contributed by atoms with E-state index in [2.05, 4.69) is 25.2 Å². The number of hydrogen-bond donors (Lipinski definition) is 2. The van der Waals surface area contributed by atoms with Gasteiger partial charge in [-0.3, -0.25) is 9.59 Å². The SMILES string of the molecule is C[C@@H]1CN(c2cc(F)c(-c3cnc(N4CCOCC4)nc3)cc2NC(=O)c2c[nH]c(=O)cc2C(F)(F)F)CCN1C. The molecule has 41 heavy (non-hydrogen) atoms. The molecule has 0 aliphatic carbocycles. The standard InChI is InChI=1S/C27H29F4N7O3/c1-16-15-38(4-3-36(16)2)23-11-21(28)18(17-12-33-26(34-13-17)37-5-7-41-8-6-37)9-22(23)35-25(40)19-14-32-24(39)10-20(19)27(29,30)31/h9-14,16H,3-8,15H2,1-2H3,(H,32,39)(H,35,40)/t16-/m1/s1. The Kier molecular flexibility index (Phi) is 7.95. The number of benzene rings is 1. The molecule has 218 valence electrons. The molecule has 0 radical (unpaired) electrons. The number of alkyl halides is 3. The minimum atomic E-state index is -4.94. The van der Waals surface area contributed by atoms with Crippen molar-refractivity contribution < 1.29 is 27.1 Å². The lowest BCUT2D eigenvalue weighted by Gasteiger charge is -2.39. The number of rotatable bonds is 5. The molecule has 2 aliphatic rings. The van der Waals surface area contributed by atoms with E-state index in [1.165, 1.54) is 24.5 Å². The summed E-state index contributed by atoms with van der Waals surface area (Å²) >= 11 is 0. The summed E-state index contributed by atoms with van der Waals surface area (Å²) < 4.78 is 61.9. The van der Waals surface area contributed by atoms with Crippen LogP contribution in [0.15, 0.2) is 41.6 Å². The first-order valence-corrected chi connectivity index (χ1v) is 13.1. The molecular weight excluding hydrogens is 546 g/mol. The average Bonchev–Trinajstić information content (AvgIpc) is 2.95. The summed E-state index contributed by atoms with van der Waals surface area (Å²) in [6.45, 7) is 5.99. The summed E-state index contributed by atoms with van der Waals surface area (Å²) in [5.41, 5.74) is -2.30. The maximum Gasteiger partial charge on any atom is 0.417 e.